The quantitative estimate of drug-likeness (QED) is 0.878. The summed E-state index contributed by atoms with van der Waals surface area (Å²) < 4.78 is 12.9. The van der Waals surface area contributed by atoms with Gasteiger partial charge in [-0.1, -0.05) is 13.8 Å². The van der Waals surface area contributed by atoms with Crippen LogP contribution in [0.3, 0.4) is 0 Å². The highest BCUT2D eigenvalue weighted by atomic mass is 19.1. The van der Waals surface area contributed by atoms with Crippen LogP contribution in [0.15, 0.2) is 48.5 Å². The van der Waals surface area contributed by atoms with Gasteiger partial charge in [0.25, 0.3) is 5.91 Å². The van der Waals surface area contributed by atoms with Crippen molar-refractivity contribution in [3.63, 3.8) is 0 Å². The molecule has 1 atom stereocenters. The first-order valence-corrected chi connectivity index (χ1v) is 7.78. The van der Waals surface area contributed by atoms with Gasteiger partial charge in [-0.3, -0.25) is 9.59 Å². The Hall–Kier alpha value is -3.20. The molecule has 0 saturated heterocycles. The lowest BCUT2D eigenvalue weighted by atomic mass is 10.0. The van der Waals surface area contributed by atoms with Crippen molar-refractivity contribution < 1.29 is 14.0 Å². The van der Waals surface area contributed by atoms with E-state index in [4.69, 9.17) is 5.26 Å². The fourth-order valence-corrected chi connectivity index (χ4v) is 2.21. The molecule has 0 bridgehead atoms. The van der Waals surface area contributed by atoms with Gasteiger partial charge in [0, 0.05) is 11.3 Å². The van der Waals surface area contributed by atoms with Crippen LogP contribution in [0.5, 0.6) is 0 Å². The zero-order valence-corrected chi connectivity index (χ0v) is 13.9. The smallest absolute Gasteiger partial charge is 0.251 e. The van der Waals surface area contributed by atoms with E-state index >= 15 is 0 Å². The lowest BCUT2D eigenvalue weighted by molar-refractivity contribution is -0.118. The minimum Gasteiger partial charge on any atom is -0.340 e. The molecular weight excluding hydrogens is 321 g/mol. The zero-order valence-electron chi connectivity index (χ0n) is 13.9. The largest absolute Gasteiger partial charge is 0.340 e. The van der Waals surface area contributed by atoms with Gasteiger partial charge in [0.15, 0.2) is 0 Å². The monoisotopic (exact) mass is 339 g/mol. The van der Waals surface area contributed by atoms with Crippen molar-refractivity contribution in [2.75, 3.05) is 5.32 Å². The van der Waals surface area contributed by atoms with Gasteiger partial charge in [-0.15, -0.1) is 0 Å². The summed E-state index contributed by atoms with van der Waals surface area (Å²) in [7, 11) is 0. The number of halogens is 1. The molecule has 0 heterocycles. The van der Waals surface area contributed by atoms with E-state index in [1.807, 2.05) is 19.9 Å². The molecule has 0 aromatic heterocycles. The van der Waals surface area contributed by atoms with E-state index in [0.29, 0.717) is 11.3 Å². The van der Waals surface area contributed by atoms with E-state index in [-0.39, 0.29) is 17.4 Å². The zero-order chi connectivity index (χ0) is 18.4. The van der Waals surface area contributed by atoms with Gasteiger partial charge in [0.1, 0.15) is 11.9 Å². The molecule has 2 aromatic rings. The van der Waals surface area contributed by atoms with Crippen molar-refractivity contribution >= 4 is 17.5 Å². The lowest BCUT2D eigenvalue weighted by Gasteiger charge is -2.21. The molecule has 0 aliphatic carbocycles. The fourth-order valence-electron chi connectivity index (χ4n) is 2.21. The van der Waals surface area contributed by atoms with E-state index < -0.39 is 17.8 Å². The predicted octanol–water partition coefficient (Wildman–Crippen LogP) is 3.09. The minimum atomic E-state index is -0.756. The lowest BCUT2D eigenvalue weighted by Crippen LogP contribution is -2.47. The molecule has 0 aliphatic rings. The highest BCUT2D eigenvalue weighted by molar-refractivity contribution is 6.01. The van der Waals surface area contributed by atoms with E-state index in [9.17, 15) is 14.0 Å². The van der Waals surface area contributed by atoms with Gasteiger partial charge in [0.05, 0.1) is 11.6 Å². The number of carbonyl (C=O) groups excluding carboxylic acids is 2. The van der Waals surface area contributed by atoms with Crippen LogP contribution < -0.4 is 10.6 Å². The van der Waals surface area contributed by atoms with Gasteiger partial charge in [0.2, 0.25) is 5.91 Å². The number of nitrogens with one attached hydrogen (secondary N) is 2. The van der Waals surface area contributed by atoms with Crippen LogP contribution in [0.1, 0.15) is 29.8 Å². The number of amides is 2. The minimum absolute atomic E-state index is 0.150. The normalized spacial score (nSPS) is 11.5. The Morgan fingerprint density at radius 3 is 2.16 bits per heavy atom. The number of nitriles is 1. The third-order valence-corrected chi connectivity index (χ3v) is 3.62. The second-order valence-corrected chi connectivity index (χ2v) is 5.88. The predicted molar refractivity (Wildman–Crippen MR) is 92.3 cm³/mol. The van der Waals surface area contributed by atoms with Crippen LogP contribution in [-0.2, 0) is 4.79 Å². The molecule has 25 heavy (non-hydrogen) atoms. The van der Waals surface area contributed by atoms with Crippen LogP contribution in [0.4, 0.5) is 10.1 Å². The molecule has 2 N–H and O–H groups in total. The maximum atomic E-state index is 12.9. The molecule has 2 aromatic carbocycles. The Morgan fingerprint density at radius 1 is 1.04 bits per heavy atom. The van der Waals surface area contributed by atoms with Crippen molar-refractivity contribution in [1.29, 1.82) is 5.26 Å². The standard InChI is InChI=1S/C19H18FN3O2/c1-12(2)17(23-18(24)14-5-7-15(20)8-6-14)19(25)22-16-9-3-13(11-21)4-10-16/h3-10,12,17H,1-2H3,(H,22,25)(H,23,24)/t17-/m0/s1. The van der Waals surface area contributed by atoms with Gasteiger partial charge < -0.3 is 10.6 Å². The van der Waals surface area contributed by atoms with Crippen LogP contribution in [-0.4, -0.2) is 17.9 Å². The average Bonchev–Trinajstić information content (AvgIpc) is 2.60. The van der Waals surface area contributed by atoms with Crippen LogP contribution >= 0.6 is 0 Å². The first-order valence-electron chi connectivity index (χ1n) is 7.78. The summed E-state index contributed by atoms with van der Waals surface area (Å²) in [6.07, 6.45) is 0. The SMILES string of the molecule is CC(C)[C@H](NC(=O)c1ccc(F)cc1)C(=O)Nc1ccc(C#N)cc1. The van der Waals surface area contributed by atoms with Gasteiger partial charge >= 0.3 is 0 Å². The van der Waals surface area contributed by atoms with Crippen molar-refractivity contribution in [3.05, 3.63) is 65.5 Å². The molecular formula is C19H18FN3O2. The average molecular weight is 339 g/mol. The summed E-state index contributed by atoms with van der Waals surface area (Å²) in [6.45, 7) is 3.63. The van der Waals surface area contributed by atoms with Gasteiger partial charge in [-0.2, -0.15) is 5.26 Å². The van der Waals surface area contributed by atoms with E-state index in [1.165, 1.54) is 24.3 Å². The molecule has 0 radical (unpaired) electrons. The number of carbonyl (C=O) groups is 2. The Bertz CT molecular complexity index is 793. The number of nitrogens with zero attached hydrogens (tertiary/aromatic N) is 1. The Kier molecular flexibility index (Phi) is 5.85. The molecule has 0 unspecified atom stereocenters. The summed E-state index contributed by atoms with van der Waals surface area (Å²) in [4.78, 5) is 24.7. The third kappa shape index (κ3) is 4.88. The molecule has 2 amide bonds. The number of benzene rings is 2. The van der Waals surface area contributed by atoms with Gasteiger partial charge in [-0.25, -0.2) is 4.39 Å². The molecule has 0 aliphatic heterocycles. The number of rotatable bonds is 5. The fraction of sp³-hybridized carbons (Fsp3) is 0.211. The second-order valence-electron chi connectivity index (χ2n) is 5.88. The summed E-state index contributed by atoms with van der Waals surface area (Å²) in [5.74, 6) is -1.40. The van der Waals surface area contributed by atoms with E-state index in [2.05, 4.69) is 10.6 Å². The van der Waals surface area contributed by atoms with E-state index in [0.717, 1.165) is 0 Å². The molecule has 2 rings (SSSR count). The third-order valence-electron chi connectivity index (χ3n) is 3.62. The summed E-state index contributed by atoms with van der Waals surface area (Å²) in [5.41, 5.74) is 1.30. The van der Waals surface area contributed by atoms with Crippen LogP contribution in [0.2, 0.25) is 0 Å². The topological polar surface area (TPSA) is 82.0 Å². The first-order chi connectivity index (χ1) is 11.9. The van der Waals surface area contributed by atoms with Crippen molar-refractivity contribution in [1.82, 2.24) is 5.32 Å². The Labute approximate surface area is 145 Å². The van der Waals surface area contributed by atoms with Crippen molar-refractivity contribution in [2.24, 2.45) is 5.92 Å². The maximum Gasteiger partial charge on any atom is 0.251 e. The number of anilines is 1. The van der Waals surface area contributed by atoms with Crippen LogP contribution in [0.25, 0.3) is 0 Å². The summed E-state index contributed by atoms with van der Waals surface area (Å²) >= 11 is 0. The molecule has 0 saturated carbocycles. The molecule has 0 spiro atoms. The molecule has 6 heteroatoms. The number of hydrogen-bond acceptors (Lipinski definition) is 3. The Morgan fingerprint density at radius 2 is 1.64 bits per heavy atom. The summed E-state index contributed by atoms with van der Waals surface area (Å²) in [5, 5.41) is 14.2. The molecule has 128 valence electrons. The second kappa shape index (κ2) is 8.06. The van der Waals surface area contributed by atoms with Crippen molar-refractivity contribution in [3.8, 4) is 6.07 Å². The first kappa shape index (κ1) is 18.1. The van der Waals surface area contributed by atoms with Crippen molar-refractivity contribution in [2.45, 2.75) is 19.9 Å². The summed E-state index contributed by atoms with van der Waals surface area (Å²) in [6, 6.07) is 12.8. The Balaban J connectivity index is 2.08. The highest BCUT2D eigenvalue weighted by Gasteiger charge is 2.24. The molecule has 5 nitrogen and oxygen atoms in total. The van der Waals surface area contributed by atoms with Crippen LogP contribution in [0, 0.1) is 23.1 Å². The molecule has 0 fully saturated rings. The van der Waals surface area contributed by atoms with Gasteiger partial charge in [-0.05, 0) is 54.4 Å². The van der Waals surface area contributed by atoms with E-state index in [1.54, 1.807) is 24.3 Å². The highest BCUT2D eigenvalue weighted by Crippen LogP contribution is 2.12. The maximum absolute atomic E-state index is 12.9. The number of hydrogen-bond donors (Lipinski definition) is 2.